The van der Waals surface area contributed by atoms with Gasteiger partial charge in [-0.1, -0.05) is 29.8 Å². The number of nitrogens with zero attached hydrogens (tertiary/aromatic N) is 2. The maximum absolute atomic E-state index is 10.1. The molecular weight excluding hydrogens is 396 g/mol. The summed E-state index contributed by atoms with van der Waals surface area (Å²) < 4.78 is 10.7. The Bertz CT molecular complexity index is 874. The van der Waals surface area contributed by atoms with Gasteiger partial charge in [0.2, 0.25) is 0 Å². The Kier molecular flexibility index (Phi) is 7.64. The predicted molar refractivity (Wildman–Crippen MR) is 121 cm³/mol. The lowest BCUT2D eigenvalue weighted by atomic mass is 9.74. The van der Waals surface area contributed by atoms with E-state index in [1.807, 2.05) is 36.4 Å². The Hall–Kier alpha value is -2.22. The SMILES string of the molecule is COc1ccc(CCN(C)CCCC(C#N)(c2ccc(Cl)cc2)C2CC2)cc1OC. The van der Waals surface area contributed by atoms with E-state index in [1.54, 1.807) is 14.2 Å². The van der Waals surface area contributed by atoms with Crippen LogP contribution in [0.2, 0.25) is 5.02 Å². The summed E-state index contributed by atoms with van der Waals surface area (Å²) in [6, 6.07) is 16.6. The van der Waals surface area contributed by atoms with Crippen LogP contribution in [0, 0.1) is 17.2 Å². The fraction of sp³-hybridized carbons (Fsp3) is 0.480. The van der Waals surface area contributed by atoms with Gasteiger partial charge in [-0.05, 0) is 87.0 Å². The first-order chi connectivity index (χ1) is 14.5. The molecule has 1 saturated carbocycles. The summed E-state index contributed by atoms with van der Waals surface area (Å²) in [6.45, 7) is 1.93. The highest BCUT2D eigenvalue weighted by Crippen LogP contribution is 2.50. The molecule has 0 bridgehead atoms. The lowest BCUT2D eigenvalue weighted by Crippen LogP contribution is -2.29. The number of benzene rings is 2. The quantitative estimate of drug-likeness (QED) is 0.477. The van der Waals surface area contributed by atoms with E-state index < -0.39 is 0 Å². The lowest BCUT2D eigenvalue weighted by Gasteiger charge is -2.28. The van der Waals surface area contributed by atoms with E-state index in [4.69, 9.17) is 21.1 Å². The molecule has 3 rings (SSSR count). The van der Waals surface area contributed by atoms with Crippen molar-refractivity contribution < 1.29 is 9.47 Å². The summed E-state index contributed by atoms with van der Waals surface area (Å²) >= 11 is 6.06. The number of hydrogen-bond acceptors (Lipinski definition) is 4. The van der Waals surface area contributed by atoms with Gasteiger partial charge in [-0.15, -0.1) is 0 Å². The van der Waals surface area contributed by atoms with Crippen molar-refractivity contribution >= 4 is 11.6 Å². The molecule has 0 aliphatic heterocycles. The number of halogens is 1. The van der Waals surface area contributed by atoms with Crippen LogP contribution in [0.15, 0.2) is 42.5 Å². The molecule has 0 radical (unpaired) electrons. The minimum atomic E-state index is -0.380. The Labute approximate surface area is 185 Å². The van der Waals surface area contributed by atoms with Gasteiger partial charge in [-0.25, -0.2) is 0 Å². The summed E-state index contributed by atoms with van der Waals surface area (Å²) in [5.41, 5.74) is 1.96. The van der Waals surface area contributed by atoms with Crippen LogP contribution in [0.5, 0.6) is 11.5 Å². The zero-order valence-corrected chi connectivity index (χ0v) is 18.9. The molecule has 1 aliphatic carbocycles. The van der Waals surface area contributed by atoms with Crippen molar-refractivity contribution in [2.45, 2.75) is 37.5 Å². The molecule has 1 aliphatic rings. The average molecular weight is 427 g/mol. The highest BCUT2D eigenvalue weighted by molar-refractivity contribution is 6.30. The van der Waals surface area contributed by atoms with Gasteiger partial charge in [0.25, 0.3) is 0 Å². The second-order valence-corrected chi connectivity index (χ2v) is 8.65. The Morgan fingerprint density at radius 2 is 1.77 bits per heavy atom. The fourth-order valence-electron chi connectivity index (χ4n) is 4.22. The molecule has 2 aromatic carbocycles. The van der Waals surface area contributed by atoms with E-state index in [2.05, 4.69) is 24.1 Å². The van der Waals surface area contributed by atoms with Gasteiger partial charge >= 0.3 is 0 Å². The highest BCUT2D eigenvalue weighted by atomic mass is 35.5. The Balaban J connectivity index is 1.54. The van der Waals surface area contributed by atoms with Gasteiger partial charge in [0.1, 0.15) is 0 Å². The van der Waals surface area contributed by atoms with Crippen LogP contribution >= 0.6 is 11.6 Å². The summed E-state index contributed by atoms with van der Waals surface area (Å²) in [4.78, 5) is 2.34. The third-order valence-corrected chi connectivity index (χ3v) is 6.43. The molecule has 0 heterocycles. The van der Waals surface area contributed by atoms with Crippen molar-refractivity contribution in [1.82, 2.24) is 4.90 Å². The molecule has 0 amide bonds. The van der Waals surface area contributed by atoms with Gasteiger partial charge in [0, 0.05) is 11.6 Å². The van der Waals surface area contributed by atoms with Crippen molar-refractivity contribution in [1.29, 1.82) is 5.26 Å². The lowest BCUT2D eigenvalue weighted by molar-refractivity contribution is 0.308. The zero-order chi connectivity index (χ0) is 21.6. The molecule has 1 fully saturated rings. The van der Waals surface area contributed by atoms with E-state index in [9.17, 15) is 5.26 Å². The minimum absolute atomic E-state index is 0.380. The third-order valence-electron chi connectivity index (χ3n) is 6.17. The maximum Gasteiger partial charge on any atom is 0.160 e. The molecule has 5 heteroatoms. The first-order valence-electron chi connectivity index (χ1n) is 10.6. The zero-order valence-electron chi connectivity index (χ0n) is 18.2. The van der Waals surface area contributed by atoms with Crippen molar-refractivity contribution in [3.05, 3.63) is 58.6 Å². The molecule has 160 valence electrons. The second kappa shape index (κ2) is 10.2. The maximum atomic E-state index is 10.1. The second-order valence-electron chi connectivity index (χ2n) is 8.21. The molecule has 30 heavy (non-hydrogen) atoms. The average Bonchev–Trinajstić information content (AvgIpc) is 3.62. The monoisotopic (exact) mass is 426 g/mol. The number of rotatable bonds is 11. The first-order valence-corrected chi connectivity index (χ1v) is 11.0. The van der Waals surface area contributed by atoms with E-state index in [0.717, 1.165) is 67.3 Å². The molecule has 0 aromatic heterocycles. The van der Waals surface area contributed by atoms with Crippen LogP contribution in [0.25, 0.3) is 0 Å². The molecule has 0 N–H and O–H groups in total. The Morgan fingerprint density at radius 1 is 1.07 bits per heavy atom. The van der Waals surface area contributed by atoms with Gasteiger partial charge in [-0.3, -0.25) is 0 Å². The molecule has 2 aromatic rings. The van der Waals surface area contributed by atoms with Crippen LogP contribution in [0.3, 0.4) is 0 Å². The number of likely N-dealkylation sites (N-methyl/N-ethyl adjacent to an activating group) is 1. The van der Waals surface area contributed by atoms with Gasteiger partial charge in [0.15, 0.2) is 11.5 Å². The molecule has 0 saturated heterocycles. The van der Waals surface area contributed by atoms with Gasteiger partial charge in [-0.2, -0.15) is 5.26 Å². The normalized spacial score (nSPS) is 15.5. The molecule has 0 spiro atoms. The van der Waals surface area contributed by atoms with Crippen molar-refractivity contribution in [3.63, 3.8) is 0 Å². The van der Waals surface area contributed by atoms with Crippen molar-refractivity contribution in [2.75, 3.05) is 34.4 Å². The fourth-order valence-corrected chi connectivity index (χ4v) is 4.34. The van der Waals surface area contributed by atoms with E-state index >= 15 is 0 Å². The van der Waals surface area contributed by atoms with E-state index in [-0.39, 0.29) is 5.41 Å². The smallest absolute Gasteiger partial charge is 0.160 e. The number of ether oxygens (including phenoxy) is 2. The largest absolute Gasteiger partial charge is 0.493 e. The number of nitriles is 1. The van der Waals surface area contributed by atoms with Crippen LogP contribution in [-0.2, 0) is 11.8 Å². The summed E-state index contributed by atoms with van der Waals surface area (Å²) in [5.74, 6) is 1.99. The standard InChI is InChI=1S/C25H31ClN2O2/c1-28(16-13-19-5-12-23(29-2)24(17-19)30-3)15-4-14-25(18-27,20-6-7-20)21-8-10-22(26)11-9-21/h5,8-12,17,20H,4,6-7,13-16H2,1-3H3. The highest BCUT2D eigenvalue weighted by Gasteiger charge is 2.46. The van der Waals surface area contributed by atoms with Crippen LogP contribution < -0.4 is 9.47 Å². The summed E-state index contributed by atoms with van der Waals surface area (Å²) in [5, 5.41) is 10.8. The predicted octanol–water partition coefficient (Wildman–Crippen LogP) is 5.48. The number of methoxy groups -OCH3 is 2. The Morgan fingerprint density at radius 3 is 2.37 bits per heavy atom. The summed E-state index contributed by atoms with van der Waals surface area (Å²) in [6.07, 6.45) is 5.11. The van der Waals surface area contributed by atoms with E-state index in [1.165, 1.54) is 5.56 Å². The first kappa shape index (κ1) is 22.5. The molecule has 1 atom stereocenters. The van der Waals surface area contributed by atoms with Gasteiger partial charge < -0.3 is 14.4 Å². The molecule has 4 nitrogen and oxygen atoms in total. The van der Waals surface area contributed by atoms with Crippen LogP contribution in [0.4, 0.5) is 0 Å². The van der Waals surface area contributed by atoms with E-state index in [0.29, 0.717) is 5.92 Å². The third kappa shape index (κ3) is 5.28. The molecular formula is C25H31ClN2O2. The van der Waals surface area contributed by atoms with Crippen LogP contribution in [-0.4, -0.2) is 39.3 Å². The van der Waals surface area contributed by atoms with Gasteiger partial charge in [0.05, 0.1) is 25.7 Å². The minimum Gasteiger partial charge on any atom is -0.493 e. The topological polar surface area (TPSA) is 45.5 Å². The van der Waals surface area contributed by atoms with Crippen molar-refractivity contribution in [2.24, 2.45) is 5.92 Å². The number of hydrogen-bond donors (Lipinski definition) is 0. The van der Waals surface area contributed by atoms with Crippen molar-refractivity contribution in [3.8, 4) is 17.6 Å². The van der Waals surface area contributed by atoms with Crippen LogP contribution in [0.1, 0.15) is 36.8 Å². The molecule has 1 unspecified atom stereocenters. The summed E-state index contributed by atoms with van der Waals surface area (Å²) in [7, 11) is 5.46.